The average molecular weight is 179 g/mol. The summed E-state index contributed by atoms with van der Waals surface area (Å²) < 4.78 is 2.22. The normalized spacial score (nSPS) is 18.3. The number of hydrogen-bond acceptors (Lipinski definition) is 2. The number of imidazole rings is 1. The predicted octanol–water partition coefficient (Wildman–Crippen LogP) is 1.11. The molecule has 3 heteroatoms. The van der Waals surface area contributed by atoms with E-state index in [4.69, 9.17) is 5.73 Å². The van der Waals surface area contributed by atoms with Crippen molar-refractivity contribution in [3.05, 3.63) is 17.7 Å². The summed E-state index contributed by atoms with van der Waals surface area (Å²) in [4.78, 5) is 4.42. The van der Waals surface area contributed by atoms with Gasteiger partial charge in [-0.25, -0.2) is 4.98 Å². The number of aryl methyl sites for hydroxylation is 1. The second-order valence-corrected chi connectivity index (χ2v) is 3.97. The van der Waals surface area contributed by atoms with Gasteiger partial charge in [0, 0.05) is 18.3 Å². The van der Waals surface area contributed by atoms with Crippen LogP contribution in [0.2, 0.25) is 0 Å². The first-order valence-electron chi connectivity index (χ1n) is 5.06. The first kappa shape index (κ1) is 8.75. The lowest BCUT2D eigenvalue weighted by Gasteiger charge is -2.15. The second kappa shape index (κ2) is 3.50. The number of nitrogens with two attached hydrogens (primary N) is 1. The van der Waals surface area contributed by atoms with Crippen molar-refractivity contribution in [3.8, 4) is 0 Å². The smallest absolute Gasteiger partial charge is 0.0952 e. The molecule has 2 N–H and O–H groups in total. The summed E-state index contributed by atoms with van der Waals surface area (Å²) in [7, 11) is 0. The molecule has 1 aromatic heterocycles. The van der Waals surface area contributed by atoms with Crippen molar-refractivity contribution in [2.24, 2.45) is 5.73 Å². The molecule has 0 aliphatic heterocycles. The monoisotopic (exact) mass is 179 g/mol. The van der Waals surface area contributed by atoms with E-state index in [0.29, 0.717) is 0 Å². The van der Waals surface area contributed by atoms with Gasteiger partial charge in [-0.05, 0) is 32.6 Å². The molecule has 0 unspecified atom stereocenters. The summed E-state index contributed by atoms with van der Waals surface area (Å²) in [6, 6.07) is 0.222. The highest BCUT2D eigenvalue weighted by molar-refractivity contribution is 5.16. The molecular weight excluding hydrogens is 162 g/mol. The number of rotatable bonds is 2. The van der Waals surface area contributed by atoms with E-state index in [1.54, 1.807) is 0 Å². The van der Waals surface area contributed by atoms with Crippen LogP contribution in [0, 0.1) is 0 Å². The molecule has 0 radical (unpaired) electrons. The summed E-state index contributed by atoms with van der Waals surface area (Å²) >= 11 is 0. The van der Waals surface area contributed by atoms with Crippen LogP contribution in [0.1, 0.15) is 31.2 Å². The van der Waals surface area contributed by atoms with Gasteiger partial charge in [-0.2, -0.15) is 0 Å². The zero-order chi connectivity index (χ0) is 9.26. The standard InChI is InChI=1S/C10H17N3/c1-8(11)6-13-7-12-9-4-2-3-5-10(9)13/h7-8H,2-6,11H2,1H3/t8-/m1/s1. The topological polar surface area (TPSA) is 43.8 Å². The molecule has 1 aromatic rings. The average Bonchev–Trinajstić information content (AvgIpc) is 2.48. The fraction of sp³-hybridized carbons (Fsp3) is 0.700. The van der Waals surface area contributed by atoms with Crippen LogP contribution >= 0.6 is 0 Å². The number of aromatic nitrogens is 2. The van der Waals surface area contributed by atoms with Crippen LogP contribution in [0.3, 0.4) is 0 Å². The Hall–Kier alpha value is -0.830. The molecule has 0 bridgehead atoms. The molecule has 0 spiro atoms. The van der Waals surface area contributed by atoms with E-state index in [9.17, 15) is 0 Å². The lowest BCUT2D eigenvalue weighted by Crippen LogP contribution is -2.23. The Kier molecular flexibility index (Phi) is 2.36. The van der Waals surface area contributed by atoms with Gasteiger partial charge in [-0.3, -0.25) is 0 Å². The first-order valence-corrected chi connectivity index (χ1v) is 5.06. The molecular formula is C10H17N3. The molecule has 0 fully saturated rings. The Morgan fingerprint density at radius 2 is 2.31 bits per heavy atom. The Morgan fingerprint density at radius 1 is 1.54 bits per heavy atom. The third-order valence-corrected chi connectivity index (χ3v) is 2.59. The molecule has 0 saturated carbocycles. The van der Waals surface area contributed by atoms with Crippen molar-refractivity contribution in [1.82, 2.24) is 9.55 Å². The molecule has 0 amide bonds. The van der Waals surface area contributed by atoms with E-state index in [-0.39, 0.29) is 6.04 Å². The van der Waals surface area contributed by atoms with Crippen molar-refractivity contribution >= 4 is 0 Å². The number of nitrogens with zero attached hydrogens (tertiary/aromatic N) is 2. The SMILES string of the molecule is C[C@@H](N)Cn1cnc2c1CCCC2. The molecule has 72 valence electrons. The van der Waals surface area contributed by atoms with Gasteiger partial charge in [0.15, 0.2) is 0 Å². The highest BCUT2D eigenvalue weighted by Crippen LogP contribution is 2.19. The van der Waals surface area contributed by atoms with Crippen LogP contribution in [0.4, 0.5) is 0 Å². The minimum atomic E-state index is 0.222. The second-order valence-electron chi connectivity index (χ2n) is 3.97. The quantitative estimate of drug-likeness (QED) is 0.739. The third kappa shape index (κ3) is 1.75. The van der Waals surface area contributed by atoms with Crippen LogP contribution in [-0.4, -0.2) is 15.6 Å². The highest BCUT2D eigenvalue weighted by Gasteiger charge is 2.15. The number of hydrogen-bond donors (Lipinski definition) is 1. The molecule has 0 saturated heterocycles. The van der Waals surface area contributed by atoms with E-state index < -0.39 is 0 Å². The summed E-state index contributed by atoms with van der Waals surface area (Å²) in [5, 5.41) is 0. The van der Waals surface area contributed by atoms with Gasteiger partial charge >= 0.3 is 0 Å². The van der Waals surface area contributed by atoms with Gasteiger partial charge in [0.25, 0.3) is 0 Å². The summed E-state index contributed by atoms with van der Waals surface area (Å²) in [6.45, 7) is 2.94. The molecule has 2 rings (SSSR count). The predicted molar refractivity (Wildman–Crippen MR) is 52.5 cm³/mol. The van der Waals surface area contributed by atoms with Crippen LogP contribution < -0.4 is 5.73 Å². The van der Waals surface area contributed by atoms with Crippen molar-refractivity contribution < 1.29 is 0 Å². The van der Waals surface area contributed by atoms with Crippen molar-refractivity contribution in [2.75, 3.05) is 0 Å². The largest absolute Gasteiger partial charge is 0.333 e. The first-order chi connectivity index (χ1) is 6.27. The Morgan fingerprint density at radius 3 is 3.08 bits per heavy atom. The minimum Gasteiger partial charge on any atom is -0.333 e. The molecule has 0 aromatic carbocycles. The zero-order valence-corrected chi connectivity index (χ0v) is 8.16. The molecule has 13 heavy (non-hydrogen) atoms. The van der Waals surface area contributed by atoms with Crippen LogP contribution in [0.25, 0.3) is 0 Å². The maximum atomic E-state index is 5.77. The molecule has 1 aliphatic carbocycles. The van der Waals surface area contributed by atoms with Crippen LogP contribution in [0.5, 0.6) is 0 Å². The summed E-state index contributed by atoms with van der Waals surface area (Å²) in [5.41, 5.74) is 8.49. The minimum absolute atomic E-state index is 0.222. The molecule has 1 aliphatic rings. The lowest BCUT2D eigenvalue weighted by atomic mass is 10.0. The Labute approximate surface area is 79.0 Å². The lowest BCUT2D eigenvalue weighted by molar-refractivity contribution is 0.550. The van der Waals surface area contributed by atoms with Gasteiger partial charge in [0.2, 0.25) is 0 Å². The molecule has 1 atom stereocenters. The van der Waals surface area contributed by atoms with Crippen LogP contribution in [-0.2, 0) is 19.4 Å². The third-order valence-electron chi connectivity index (χ3n) is 2.59. The van der Waals surface area contributed by atoms with Gasteiger partial charge in [-0.15, -0.1) is 0 Å². The molecule has 1 heterocycles. The van der Waals surface area contributed by atoms with Crippen LogP contribution in [0.15, 0.2) is 6.33 Å². The van der Waals surface area contributed by atoms with E-state index in [0.717, 1.165) is 13.0 Å². The fourth-order valence-electron chi connectivity index (χ4n) is 2.00. The Bertz CT molecular complexity index is 288. The van der Waals surface area contributed by atoms with Gasteiger partial charge < -0.3 is 10.3 Å². The van der Waals surface area contributed by atoms with E-state index in [1.165, 1.54) is 30.7 Å². The van der Waals surface area contributed by atoms with Crippen molar-refractivity contribution in [3.63, 3.8) is 0 Å². The zero-order valence-electron chi connectivity index (χ0n) is 8.16. The maximum Gasteiger partial charge on any atom is 0.0952 e. The van der Waals surface area contributed by atoms with Gasteiger partial charge in [0.05, 0.1) is 12.0 Å². The van der Waals surface area contributed by atoms with Crippen molar-refractivity contribution in [1.29, 1.82) is 0 Å². The Balaban J connectivity index is 2.21. The molecule has 3 nitrogen and oxygen atoms in total. The maximum absolute atomic E-state index is 5.77. The highest BCUT2D eigenvalue weighted by atomic mass is 15.1. The summed E-state index contributed by atoms with van der Waals surface area (Å²) in [5.74, 6) is 0. The van der Waals surface area contributed by atoms with E-state index in [1.807, 2.05) is 13.3 Å². The van der Waals surface area contributed by atoms with E-state index in [2.05, 4.69) is 9.55 Å². The van der Waals surface area contributed by atoms with E-state index >= 15 is 0 Å². The van der Waals surface area contributed by atoms with Crippen molar-refractivity contribution in [2.45, 2.75) is 45.2 Å². The number of fused-ring (bicyclic) bond motifs is 1. The van der Waals surface area contributed by atoms with Gasteiger partial charge in [0.1, 0.15) is 0 Å². The van der Waals surface area contributed by atoms with Gasteiger partial charge in [-0.1, -0.05) is 0 Å². The fourth-order valence-corrected chi connectivity index (χ4v) is 2.00. The summed E-state index contributed by atoms with van der Waals surface area (Å²) in [6.07, 6.45) is 6.88.